The van der Waals surface area contributed by atoms with Crippen molar-refractivity contribution >= 4 is 24.4 Å². The maximum Gasteiger partial charge on any atom is 0.224 e. The minimum Gasteiger partial charge on any atom is -0.351 e. The van der Waals surface area contributed by atoms with E-state index >= 15 is 0 Å². The first-order valence-corrected chi connectivity index (χ1v) is 6.80. The number of hydrogen-bond donors (Lipinski definition) is 2. The smallest absolute Gasteiger partial charge is 0.224 e. The van der Waals surface area contributed by atoms with Crippen LogP contribution in [0.5, 0.6) is 0 Å². The summed E-state index contributed by atoms with van der Waals surface area (Å²) in [5.74, 6) is 0.148. The highest BCUT2D eigenvalue weighted by Gasteiger charge is 2.23. The Morgan fingerprint density at radius 2 is 2.11 bits per heavy atom. The molecule has 0 bridgehead atoms. The topological polar surface area (TPSA) is 49.4 Å². The highest BCUT2D eigenvalue weighted by atomic mass is 32.1. The highest BCUT2D eigenvalue weighted by Crippen LogP contribution is 2.11. The minimum absolute atomic E-state index is 0.000312. The molecule has 1 heterocycles. The van der Waals surface area contributed by atoms with Gasteiger partial charge in [-0.15, -0.1) is 12.6 Å². The van der Waals surface area contributed by atoms with Crippen molar-refractivity contribution in [3.63, 3.8) is 0 Å². The van der Waals surface area contributed by atoms with Crippen LogP contribution in [0.3, 0.4) is 0 Å². The molecule has 1 fully saturated rings. The van der Waals surface area contributed by atoms with Crippen LogP contribution in [0, 0.1) is 0 Å². The van der Waals surface area contributed by atoms with Crippen LogP contribution in [0.4, 0.5) is 0 Å². The molecule has 2 rings (SSSR count). The monoisotopic (exact) mass is 278 g/mol. The zero-order chi connectivity index (χ0) is 13.8. The van der Waals surface area contributed by atoms with Crippen molar-refractivity contribution in [3.05, 3.63) is 29.8 Å². The van der Waals surface area contributed by atoms with Gasteiger partial charge in [0.2, 0.25) is 11.8 Å². The van der Waals surface area contributed by atoms with E-state index in [0.717, 1.165) is 16.9 Å². The number of carbonyl (C=O) groups is 2. The molecular formula is C14H18N2O2S. The van der Waals surface area contributed by atoms with E-state index in [4.69, 9.17) is 0 Å². The first-order valence-electron chi connectivity index (χ1n) is 6.36. The van der Waals surface area contributed by atoms with Crippen LogP contribution in [0.25, 0.3) is 0 Å². The second-order valence-electron chi connectivity index (χ2n) is 4.92. The molecule has 1 unspecified atom stereocenters. The van der Waals surface area contributed by atoms with Crippen LogP contribution in [0.1, 0.15) is 18.4 Å². The Morgan fingerprint density at radius 1 is 1.42 bits per heavy atom. The molecule has 0 aromatic heterocycles. The first-order chi connectivity index (χ1) is 9.04. The number of nitrogens with one attached hydrogen (secondary N) is 1. The third-order valence-electron chi connectivity index (χ3n) is 3.29. The van der Waals surface area contributed by atoms with Crippen molar-refractivity contribution in [2.45, 2.75) is 30.2 Å². The molecule has 2 amide bonds. The van der Waals surface area contributed by atoms with Gasteiger partial charge in [0.15, 0.2) is 0 Å². The SMILES string of the molecule is CN1CC(NC(=O)Cc2ccc(S)cc2)CCC1=O. The molecule has 1 saturated heterocycles. The lowest BCUT2D eigenvalue weighted by Gasteiger charge is -2.30. The maximum atomic E-state index is 11.9. The van der Waals surface area contributed by atoms with Crippen molar-refractivity contribution in [2.75, 3.05) is 13.6 Å². The van der Waals surface area contributed by atoms with Gasteiger partial charge in [-0.1, -0.05) is 12.1 Å². The van der Waals surface area contributed by atoms with E-state index in [1.54, 1.807) is 11.9 Å². The van der Waals surface area contributed by atoms with Crippen molar-refractivity contribution in [1.82, 2.24) is 10.2 Å². The Morgan fingerprint density at radius 3 is 2.74 bits per heavy atom. The standard InChI is InChI=1S/C14H18N2O2S/c1-16-9-11(4-7-14(16)18)15-13(17)8-10-2-5-12(19)6-3-10/h2-3,5-6,11,19H,4,7-9H2,1H3,(H,15,17). The van der Waals surface area contributed by atoms with Gasteiger partial charge in [-0.25, -0.2) is 0 Å². The third kappa shape index (κ3) is 3.99. The molecule has 1 atom stereocenters. The largest absolute Gasteiger partial charge is 0.351 e. The molecule has 1 N–H and O–H groups in total. The predicted octanol–water partition coefficient (Wildman–Crippen LogP) is 1.25. The van der Waals surface area contributed by atoms with Gasteiger partial charge < -0.3 is 10.2 Å². The van der Waals surface area contributed by atoms with Crippen LogP contribution >= 0.6 is 12.6 Å². The lowest BCUT2D eigenvalue weighted by molar-refractivity contribution is -0.133. The summed E-state index contributed by atoms with van der Waals surface area (Å²) in [6, 6.07) is 7.62. The fourth-order valence-electron chi connectivity index (χ4n) is 2.21. The first kappa shape index (κ1) is 13.9. The number of hydrogen-bond acceptors (Lipinski definition) is 3. The Hall–Kier alpha value is -1.49. The lowest BCUT2D eigenvalue weighted by Crippen LogP contribution is -2.48. The number of likely N-dealkylation sites (tertiary alicyclic amines) is 1. The quantitative estimate of drug-likeness (QED) is 0.818. The molecule has 1 aliphatic rings. The fraction of sp³-hybridized carbons (Fsp3) is 0.429. The molecule has 19 heavy (non-hydrogen) atoms. The van der Waals surface area contributed by atoms with E-state index in [2.05, 4.69) is 17.9 Å². The molecule has 5 heteroatoms. The summed E-state index contributed by atoms with van der Waals surface area (Å²) >= 11 is 4.21. The number of rotatable bonds is 3. The highest BCUT2D eigenvalue weighted by molar-refractivity contribution is 7.80. The summed E-state index contributed by atoms with van der Waals surface area (Å²) in [7, 11) is 1.77. The van der Waals surface area contributed by atoms with Crippen LogP contribution < -0.4 is 5.32 Å². The van der Waals surface area contributed by atoms with Crippen molar-refractivity contribution in [2.24, 2.45) is 0 Å². The molecule has 1 aliphatic heterocycles. The van der Waals surface area contributed by atoms with Gasteiger partial charge in [-0.2, -0.15) is 0 Å². The van der Waals surface area contributed by atoms with E-state index in [1.165, 1.54) is 0 Å². The number of thiol groups is 1. The summed E-state index contributed by atoms with van der Waals surface area (Å²) in [5, 5.41) is 2.98. The Kier molecular flexibility index (Phi) is 4.47. The van der Waals surface area contributed by atoms with E-state index in [-0.39, 0.29) is 17.9 Å². The van der Waals surface area contributed by atoms with E-state index < -0.39 is 0 Å². The molecule has 0 radical (unpaired) electrons. The van der Waals surface area contributed by atoms with Gasteiger partial charge in [0, 0.05) is 31.0 Å². The molecule has 0 aliphatic carbocycles. The number of benzene rings is 1. The van der Waals surface area contributed by atoms with E-state index in [1.807, 2.05) is 24.3 Å². The van der Waals surface area contributed by atoms with Gasteiger partial charge in [0.25, 0.3) is 0 Å². The van der Waals surface area contributed by atoms with Crippen LogP contribution in [0.2, 0.25) is 0 Å². The second kappa shape index (κ2) is 6.10. The fourth-order valence-corrected chi connectivity index (χ4v) is 2.36. The summed E-state index contributed by atoms with van der Waals surface area (Å²) < 4.78 is 0. The van der Waals surface area contributed by atoms with E-state index in [9.17, 15) is 9.59 Å². The summed E-state index contributed by atoms with van der Waals surface area (Å²) in [4.78, 5) is 25.8. The van der Waals surface area contributed by atoms with Gasteiger partial charge in [-0.3, -0.25) is 9.59 Å². The maximum absolute atomic E-state index is 11.9. The summed E-state index contributed by atoms with van der Waals surface area (Å²) in [6.45, 7) is 0.597. The van der Waals surface area contributed by atoms with Crippen molar-refractivity contribution in [1.29, 1.82) is 0 Å². The molecule has 102 valence electrons. The number of piperidine rings is 1. The Labute approximate surface area is 118 Å². The molecule has 4 nitrogen and oxygen atoms in total. The normalized spacial score (nSPS) is 19.4. The predicted molar refractivity (Wildman–Crippen MR) is 76.2 cm³/mol. The zero-order valence-corrected chi connectivity index (χ0v) is 11.8. The van der Waals surface area contributed by atoms with Crippen molar-refractivity contribution < 1.29 is 9.59 Å². The minimum atomic E-state index is -0.000312. The van der Waals surface area contributed by atoms with E-state index in [0.29, 0.717) is 19.4 Å². The Balaban J connectivity index is 1.84. The van der Waals surface area contributed by atoms with Crippen molar-refractivity contribution in [3.8, 4) is 0 Å². The van der Waals surface area contributed by atoms with Crippen LogP contribution in [-0.4, -0.2) is 36.3 Å². The Bertz CT molecular complexity index is 473. The number of nitrogens with zero attached hydrogens (tertiary/aromatic N) is 1. The molecule has 0 saturated carbocycles. The average Bonchev–Trinajstić information content (AvgIpc) is 2.37. The number of amides is 2. The zero-order valence-electron chi connectivity index (χ0n) is 10.9. The second-order valence-corrected chi connectivity index (χ2v) is 5.44. The van der Waals surface area contributed by atoms with Gasteiger partial charge in [-0.05, 0) is 24.1 Å². The average molecular weight is 278 g/mol. The molecule has 1 aromatic rings. The lowest BCUT2D eigenvalue weighted by atomic mass is 10.0. The summed E-state index contributed by atoms with van der Waals surface area (Å²) in [6.07, 6.45) is 1.60. The third-order valence-corrected chi connectivity index (χ3v) is 3.59. The number of likely N-dealkylation sites (N-methyl/N-ethyl adjacent to an activating group) is 1. The van der Waals surface area contributed by atoms with Gasteiger partial charge in [0.1, 0.15) is 0 Å². The molecular weight excluding hydrogens is 260 g/mol. The van der Waals surface area contributed by atoms with Gasteiger partial charge >= 0.3 is 0 Å². The van der Waals surface area contributed by atoms with Gasteiger partial charge in [0.05, 0.1) is 6.42 Å². The summed E-state index contributed by atoms with van der Waals surface area (Å²) in [5.41, 5.74) is 0.968. The molecule has 0 spiro atoms. The molecule has 1 aromatic carbocycles. The number of carbonyl (C=O) groups excluding carboxylic acids is 2. The van der Waals surface area contributed by atoms with Crippen LogP contribution in [0.15, 0.2) is 29.2 Å². The van der Waals surface area contributed by atoms with Crippen LogP contribution in [-0.2, 0) is 16.0 Å².